The highest BCUT2D eigenvalue weighted by Crippen LogP contribution is 2.25. The third-order valence-electron chi connectivity index (χ3n) is 7.46. The number of nitrogens with zero attached hydrogens (tertiary/aromatic N) is 4. The van der Waals surface area contributed by atoms with Gasteiger partial charge in [-0.25, -0.2) is 9.59 Å². The van der Waals surface area contributed by atoms with Crippen molar-refractivity contribution in [2.24, 2.45) is 5.92 Å². The van der Waals surface area contributed by atoms with E-state index in [9.17, 15) is 19.5 Å². The second-order valence-electron chi connectivity index (χ2n) is 9.93. The molecule has 0 bridgehead atoms. The van der Waals surface area contributed by atoms with Crippen molar-refractivity contribution in [3.8, 4) is 5.88 Å². The minimum Gasteiger partial charge on any atom is -0.491 e. The van der Waals surface area contributed by atoms with Gasteiger partial charge >= 0.3 is 11.8 Å². The van der Waals surface area contributed by atoms with Crippen molar-refractivity contribution in [2.75, 3.05) is 19.6 Å². The summed E-state index contributed by atoms with van der Waals surface area (Å²) in [5.74, 6) is -0.0524. The van der Waals surface area contributed by atoms with Crippen molar-refractivity contribution in [1.29, 1.82) is 0 Å². The van der Waals surface area contributed by atoms with Crippen LogP contribution in [0.2, 0.25) is 5.02 Å². The number of halogens is 1. The molecule has 1 saturated heterocycles. The van der Waals surface area contributed by atoms with Crippen LogP contribution in [-0.4, -0.2) is 55.8 Å². The van der Waals surface area contributed by atoms with Crippen molar-refractivity contribution in [2.45, 2.75) is 45.2 Å². The van der Waals surface area contributed by atoms with Gasteiger partial charge in [0.05, 0.1) is 13.0 Å². The van der Waals surface area contributed by atoms with Gasteiger partial charge in [0.25, 0.3) is 5.88 Å². The van der Waals surface area contributed by atoms with Crippen molar-refractivity contribution in [1.82, 2.24) is 19.1 Å². The fourth-order valence-corrected chi connectivity index (χ4v) is 5.29. The maximum absolute atomic E-state index is 12.9. The van der Waals surface area contributed by atoms with Gasteiger partial charge in [0, 0.05) is 31.2 Å². The van der Waals surface area contributed by atoms with E-state index in [1.807, 2.05) is 54.6 Å². The van der Waals surface area contributed by atoms with Gasteiger partial charge in [0.2, 0.25) is 5.91 Å². The lowest BCUT2D eigenvalue weighted by atomic mass is 9.91. The van der Waals surface area contributed by atoms with Crippen LogP contribution in [0.5, 0.6) is 5.88 Å². The van der Waals surface area contributed by atoms with E-state index in [0.29, 0.717) is 30.3 Å². The molecule has 0 spiro atoms. The quantitative estimate of drug-likeness (QED) is 0.518. The van der Waals surface area contributed by atoms with Crippen LogP contribution in [0.15, 0.2) is 59.4 Å². The molecule has 0 radical (unpaired) electrons. The number of likely N-dealkylation sites (tertiary alicyclic amines) is 1. The maximum Gasteiger partial charge on any atom is 0.434 e. The Morgan fingerprint density at radius 2 is 1.63 bits per heavy atom. The Morgan fingerprint density at radius 3 is 2.34 bits per heavy atom. The number of carbonyl (C=O) groups excluding carboxylic acids is 2. The van der Waals surface area contributed by atoms with E-state index in [2.05, 4.69) is 0 Å². The van der Waals surface area contributed by atoms with Crippen LogP contribution in [0, 0.1) is 5.92 Å². The number of aryl methyl sites for hydroxylation is 1. The highest BCUT2D eigenvalue weighted by Gasteiger charge is 2.31. The average molecular weight is 539 g/mol. The Bertz CT molecular complexity index is 1340. The lowest BCUT2D eigenvalue weighted by Crippen LogP contribution is -2.45. The molecular weight excluding hydrogens is 508 g/mol. The highest BCUT2D eigenvalue weighted by atomic mass is 35.5. The first kappa shape index (κ1) is 25.9. The summed E-state index contributed by atoms with van der Waals surface area (Å²) in [4.78, 5) is 47.0. The summed E-state index contributed by atoms with van der Waals surface area (Å²) in [6, 6.07) is 17.3. The maximum atomic E-state index is 12.9. The fourth-order valence-electron chi connectivity index (χ4n) is 5.16. The van der Waals surface area contributed by atoms with Gasteiger partial charge in [-0.2, -0.15) is 0 Å². The molecular formula is C28H31ClN4O5. The first-order valence-corrected chi connectivity index (χ1v) is 13.3. The Morgan fingerprint density at radius 1 is 0.921 bits per heavy atom. The molecule has 3 aromatic rings. The molecule has 0 unspecified atom stereocenters. The van der Waals surface area contributed by atoms with E-state index in [0.717, 1.165) is 36.3 Å². The number of aromatic nitrogens is 2. The molecule has 2 aliphatic rings. The number of aromatic hydroxyl groups is 1. The molecule has 2 amide bonds. The van der Waals surface area contributed by atoms with E-state index in [4.69, 9.17) is 16.4 Å². The van der Waals surface area contributed by atoms with Crippen LogP contribution in [0.1, 0.15) is 36.1 Å². The zero-order valence-electron chi connectivity index (χ0n) is 21.1. The average Bonchev–Trinajstić information content (AvgIpc) is 3.17. The molecule has 10 heteroatoms. The summed E-state index contributed by atoms with van der Waals surface area (Å²) < 4.78 is 2.01. The Balaban J connectivity index is 1.16. The number of piperidine rings is 1. The number of carbonyl (C=O) groups is 2. The predicted octanol–water partition coefficient (Wildman–Crippen LogP) is 3.49. The third-order valence-corrected chi connectivity index (χ3v) is 7.71. The highest BCUT2D eigenvalue weighted by molar-refractivity contribution is 6.30. The number of benzene rings is 2. The van der Waals surface area contributed by atoms with Crippen LogP contribution < -0.4 is 10.5 Å². The van der Waals surface area contributed by atoms with E-state index in [1.165, 1.54) is 10.1 Å². The predicted molar refractivity (Wildman–Crippen MR) is 142 cm³/mol. The first-order chi connectivity index (χ1) is 18.4. The topological polar surface area (TPSA) is 97.0 Å². The number of amides is 2. The van der Waals surface area contributed by atoms with E-state index < -0.39 is 17.7 Å². The number of rotatable bonds is 6. The molecule has 0 aliphatic carbocycles. The lowest BCUT2D eigenvalue weighted by Gasteiger charge is -2.31. The molecule has 2 aliphatic heterocycles. The molecule has 200 valence electrons. The van der Waals surface area contributed by atoms with E-state index in [1.54, 1.807) is 9.80 Å². The molecule has 3 heterocycles. The molecule has 1 N–H and O–H groups in total. The normalized spacial score (nSPS) is 15.8. The zero-order valence-corrected chi connectivity index (χ0v) is 21.8. The molecule has 0 saturated carbocycles. The molecule has 1 fully saturated rings. The lowest BCUT2D eigenvalue weighted by molar-refractivity contribution is -0.131. The van der Waals surface area contributed by atoms with Crippen LogP contribution in [-0.2, 0) is 30.7 Å². The van der Waals surface area contributed by atoms with Crippen molar-refractivity contribution in [3.05, 3.63) is 86.9 Å². The molecule has 2 aromatic carbocycles. The van der Waals surface area contributed by atoms with Crippen LogP contribution in [0.3, 0.4) is 0 Å². The van der Waals surface area contributed by atoms with Gasteiger partial charge in [0.15, 0.2) is 0 Å². The van der Waals surface area contributed by atoms with Crippen molar-refractivity contribution in [3.63, 3.8) is 0 Å². The Labute approximate surface area is 225 Å². The van der Waals surface area contributed by atoms with Gasteiger partial charge in [-0.1, -0.05) is 58.8 Å². The molecule has 0 atom stereocenters. The van der Waals surface area contributed by atoms with E-state index in [-0.39, 0.29) is 31.1 Å². The largest absolute Gasteiger partial charge is 0.491 e. The van der Waals surface area contributed by atoms with Gasteiger partial charge < -0.3 is 19.7 Å². The number of fused-ring (bicyclic) bond motifs is 1. The van der Waals surface area contributed by atoms with E-state index >= 15 is 0 Å². The SMILES string of the molecule is O=C(Cc1ccccc1)N1CCn2c(c(O)n(OC(=O)N3CCC(CCc4ccc(Cl)cc4)CC3)c2=O)C1. The molecule has 9 nitrogen and oxygen atoms in total. The molecule has 1 aromatic heterocycles. The van der Waals surface area contributed by atoms with Gasteiger partial charge in [0.1, 0.15) is 5.69 Å². The Kier molecular flexibility index (Phi) is 7.74. The number of hydrogen-bond donors (Lipinski definition) is 1. The first-order valence-electron chi connectivity index (χ1n) is 13.0. The minimum absolute atomic E-state index is 0.0658. The van der Waals surface area contributed by atoms with Gasteiger partial charge in [-0.3, -0.25) is 9.36 Å². The standard InChI is InChI=1S/C28H31ClN4O5/c29-23-10-8-20(9-11-23)6-7-21-12-14-30(15-13-21)28(37)38-33-26(35)24-19-31(16-17-32(24)27(33)36)25(34)18-22-4-2-1-3-5-22/h1-5,8-11,21,35H,6-7,12-19H2. The van der Waals surface area contributed by atoms with Crippen molar-refractivity contribution < 1.29 is 19.5 Å². The van der Waals surface area contributed by atoms with Gasteiger partial charge in [-0.15, -0.1) is 0 Å². The summed E-state index contributed by atoms with van der Waals surface area (Å²) >= 11 is 5.96. The number of hydrogen-bond acceptors (Lipinski definition) is 5. The van der Waals surface area contributed by atoms with Crippen LogP contribution >= 0.6 is 11.6 Å². The summed E-state index contributed by atoms with van der Waals surface area (Å²) in [5, 5.41) is 11.5. The van der Waals surface area contributed by atoms with Crippen LogP contribution in [0.25, 0.3) is 0 Å². The Hall–Kier alpha value is -3.72. The zero-order chi connectivity index (χ0) is 26.6. The minimum atomic E-state index is -0.668. The smallest absolute Gasteiger partial charge is 0.434 e. The fraction of sp³-hybridized carbons (Fsp3) is 0.393. The third kappa shape index (κ3) is 5.72. The van der Waals surface area contributed by atoms with Crippen LogP contribution in [0.4, 0.5) is 4.79 Å². The summed E-state index contributed by atoms with van der Waals surface area (Å²) in [6.07, 6.45) is 3.23. The van der Waals surface area contributed by atoms with Gasteiger partial charge in [-0.05, 0) is 54.9 Å². The molecule has 5 rings (SSSR count). The second-order valence-corrected chi connectivity index (χ2v) is 10.4. The summed E-state index contributed by atoms with van der Waals surface area (Å²) in [7, 11) is 0. The second kappa shape index (κ2) is 11.3. The monoisotopic (exact) mass is 538 g/mol. The van der Waals surface area contributed by atoms with Crippen molar-refractivity contribution >= 4 is 23.6 Å². The molecule has 38 heavy (non-hydrogen) atoms. The number of imidazole rings is 1. The summed E-state index contributed by atoms with van der Waals surface area (Å²) in [5.41, 5.74) is 1.77. The summed E-state index contributed by atoms with van der Waals surface area (Å²) in [6.45, 7) is 1.66.